The van der Waals surface area contributed by atoms with E-state index in [0.717, 1.165) is 30.5 Å². The highest BCUT2D eigenvalue weighted by Crippen LogP contribution is 2.27. The number of benzene rings is 2. The Morgan fingerprint density at radius 3 is 2.41 bits per heavy atom. The molecule has 3 N–H and O–H groups in total. The highest BCUT2D eigenvalue weighted by atomic mass is 19.1. The fourth-order valence-electron chi connectivity index (χ4n) is 3.48. The zero-order valence-corrected chi connectivity index (χ0v) is 15.5. The first kappa shape index (κ1) is 18.7. The third-order valence-corrected chi connectivity index (χ3v) is 4.90. The van der Waals surface area contributed by atoms with Gasteiger partial charge < -0.3 is 5.11 Å². The van der Waals surface area contributed by atoms with E-state index in [1.807, 2.05) is 0 Å². The van der Waals surface area contributed by atoms with E-state index in [0.29, 0.717) is 12.1 Å². The van der Waals surface area contributed by atoms with Crippen molar-refractivity contribution in [3.63, 3.8) is 0 Å². The van der Waals surface area contributed by atoms with Crippen LogP contribution >= 0.6 is 0 Å². The lowest BCUT2D eigenvalue weighted by Crippen LogP contribution is -2.42. The topological polar surface area (TPSA) is 96.3 Å². The van der Waals surface area contributed by atoms with E-state index in [1.54, 1.807) is 28.9 Å². The molecule has 3 aromatic rings. The summed E-state index contributed by atoms with van der Waals surface area (Å²) in [6, 6.07) is 11.9. The van der Waals surface area contributed by atoms with Gasteiger partial charge in [-0.15, -0.1) is 0 Å². The van der Waals surface area contributed by atoms with Gasteiger partial charge in [-0.3, -0.25) is 20.4 Å². The number of rotatable bonds is 3. The van der Waals surface area contributed by atoms with Crippen LogP contribution in [0, 0.1) is 5.82 Å². The Hall–Kier alpha value is -3.68. The van der Waals surface area contributed by atoms with Gasteiger partial charge in [0.15, 0.2) is 5.69 Å². The van der Waals surface area contributed by atoms with Gasteiger partial charge >= 0.3 is 0 Å². The van der Waals surface area contributed by atoms with Crippen molar-refractivity contribution in [2.24, 2.45) is 0 Å². The van der Waals surface area contributed by atoms with Crippen LogP contribution < -0.4 is 10.9 Å². The summed E-state index contributed by atoms with van der Waals surface area (Å²) in [5, 5.41) is 14.2. The van der Waals surface area contributed by atoms with Crippen LogP contribution in [0.2, 0.25) is 0 Å². The molecule has 0 atom stereocenters. The number of nitrogens with zero attached hydrogens (tertiary/aromatic N) is 2. The normalized spacial score (nSPS) is 12.9. The van der Waals surface area contributed by atoms with Crippen LogP contribution in [0.5, 0.6) is 5.75 Å². The second-order valence-corrected chi connectivity index (χ2v) is 6.79. The van der Waals surface area contributed by atoms with Crippen LogP contribution in [-0.2, 0) is 12.8 Å². The smallest absolute Gasteiger partial charge is 0.290 e. The predicted octanol–water partition coefficient (Wildman–Crippen LogP) is 2.67. The number of nitrogens with one attached hydrogen (secondary N) is 2. The summed E-state index contributed by atoms with van der Waals surface area (Å²) in [4.78, 5) is 24.9. The monoisotopic (exact) mass is 394 g/mol. The Kier molecular flexibility index (Phi) is 4.99. The molecule has 0 bridgehead atoms. The first-order chi connectivity index (χ1) is 14.0. The number of hydrogen-bond acceptors (Lipinski definition) is 4. The lowest BCUT2D eigenvalue weighted by atomic mass is 9.95. The molecule has 0 fully saturated rings. The summed E-state index contributed by atoms with van der Waals surface area (Å²) < 4.78 is 14.9. The zero-order valence-electron chi connectivity index (χ0n) is 15.5. The molecule has 0 aliphatic heterocycles. The molecule has 0 saturated heterocycles. The average Bonchev–Trinajstić information content (AvgIpc) is 3.12. The fraction of sp³-hybridized carbons (Fsp3) is 0.190. The number of aromatic hydroxyl groups is 1. The van der Waals surface area contributed by atoms with E-state index < -0.39 is 11.8 Å². The Morgan fingerprint density at radius 1 is 0.966 bits per heavy atom. The summed E-state index contributed by atoms with van der Waals surface area (Å²) >= 11 is 0. The number of phenolic OH excluding ortho intramolecular Hbond substituents is 1. The molecule has 0 radical (unpaired) electrons. The quantitative estimate of drug-likeness (QED) is 0.595. The van der Waals surface area contributed by atoms with Gasteiger partial charge in [0, 0.05) is 11.3 Å². The van der Waals surface area contributed by atoms with Crippen LogP contribution in [0.1, 0.15) is 44.9 Å². The number of phenols is 1. The van der Waals surface area contributed by atoms with E-state index in [9.17, 15) is 19.1 Å². The van der Waals surface area contributed by atoms with Crippen LogP contribution in [0.25, 0.3) is 5.69 Å². The minimum absolute atomic E-state index is 0.0478. The van der Waals surface area contributed by atoms with E-state index in [1.165, 1.54) is 24.3 Å². The van der Waals surface area contributed by atoms with Crippen molar-refractivity contribution in [2.45, 2.75) is 25.7 Å². The number of carbonyl (C=O) groups is 2. The number of hydrogen-bond donors (Lipinski definition) is 3. The largest absolute Gasteiger partial charge is 0.507 e. The zero-order chi connectivity index (χ0) is 20.4. The molecule has 0 spiro atoms. The Labute approximate surface area is 166 Å². The van der Waals surface area contributed by atoms with Crippen molar-refractivity contribution in [3.05, 3.63) is 76.9 Å². The van der Waals surface area contributed by atoms with Crippen molar-refractivity contribution in [2.75, 3.05) is 0 Å². The van der Waals surface area contributed by atoms with Crippen LogP contribution in [0.3, 0.4) is 0 Å². The van der Waals surface area contributed by atoms with E-state index >= 15 is 0 Å². The summed E-state index contributed by atoms with van der Waals surface area (Å²) in [7, 11) is 0. The Morgan fingerprint density at radius 2 is 1.66 bits per heavy atom. The summed E-state index contributed by atoms with van der Waals surface area (Å²) in [5.74, 6) is -1.71. The molecule has 2 amide bonds. The average molecular weight is 394 g/mol. The highest BCUT2D eigenvalue weighted by Gasteiger charge is 2.26. The second-order valence-electron chi connectivity index (χ2n) is 6.79. The van der Waals surface area contributed by atoms with Crippen molar-refractivity contribution in [1.29, 1.82) is 0 Å². The lowest BCUT2D eigenvalue weighted by molar-refractivity contribution is 0.0841. The van der Waals surface area contributed by atoms with Crippen LogP contribution in [0.15, 0.2) is 48.5 Å². The van der Waals surface area contributed by atoms with Gasteiger partial charge in [-0.05, 0) is 62.1 Å². The molecule has 4 rings (SSSR count). The maximum Gasteiger partial charge on any atom is 0.290 e. The van der Waals surface area contributed by atoms with Gasteiger partial charge in [-0.1, -0.05) is 12.1 Å². The fourth-order valence-corrected chi connectivity index (χ4v) is 3.48. The van der Waals surface area contributed by atoms with Gasteiger partial charge in [0.2, 0.25) is 0 Å². The van der Waals surface area contributed by atoms with Gasteiger partial charge in [0.05, 0.1) is 11.3 Å². The van der Waals surface area contributed by atoms with E-state index in [-0.39, 0.29) is 22.8 Å². The van der Waals surface area contributed by atoms with Gasteiger partial charge in [-0.25, -0.2) is 9.07 Å². The number of hydrazine groups is 1. The van der Waals surface area contributed by atoms with E-state index in [2.05, 4.69) is 16.0 Å². The van der Waals surface area contributed by atoms with Crippen molar-refractivity contribution in [3.8, 4) is 11.4 Å². The second kappa shape index (κ2) is 7.75. The van der Waals surface area contributed by atoms with Crippen molar-refractivity contribution >= 4 is 11.8 Å². The molecule has 1 heterocycles. The molecule has 148 valence electrons. The molecular weight excluding hydrogens is 375 g/mol. The minimum Gasteiger partial charge on any atom is -0.507 e. The minimum atomic E-state index is -0.636. The molecule has 1 aromatic heterocycles. The molecule has 1 aliphatic rings. The maximum atomic E-state index is 13.3. The number of fused-ring (bicyclic) bond motifs is 1. The lowest BCUT2D eigenvalue weighted by Gasteiger charge is -2.14. The molecular formula is C21H19FN4O3. The number of para-hydroxylation sites is 1. The van der Waals surface area contributed by atoms with E-state index in [4.69, 9.17) is 0 Å². The molecule has 29 heavy (non-hydrogen) atoms. The predicted molar refractivity (Wildman–Crippen MR) is 103 cm³/mol. The maximum absolute atomic E-state index is 13.3. The van der Waals surface area contributed by atoms with Crippen LogP contribution in [-0.4, -0.2) is 26.7 Å². The molecule has 1 aliphatic carbocycles. The summed E-state index contributed by atoms with van der Waals surface area (Å²) in [6.07, 6.45) is 3.38. The first-order valence-corrected chi connectivity index (χ1v) is 9.30. The standard InChI is InChI=1S/C21H19FN4O3/c22-13-9-11-14(12-10-13)26-17-7-3-1-5-15(17)19(25-26)21(29)24-23-20(28)16-6-2-4-8-18(16)27/h2,4,6,8-12,27H,1,3,5,7H2,(H,23,28)(H,24,29). The summed E-state index contributed by atoms with van der Waals surface area (Å²) in [5.41, 5.74) is 7.35. The molecule has 8 heteroatoms. The SMILES string of the molecule is O=C(NNC(=O)c1nn(-c2ccc(F)cc2)c2c1CCCC2)c1ccccc1O. The highest BCUT2D eigenvalue weighted by molar-refractivity contribution is 6.00. The number of carbonyl (C=O) groups excluding carboxylic acids is 2. The molecule has 0 saturated carbocycles. The third kappa shape index (κ3) is 3.69. The van der Waals surface area contributed by atoms with Gasteiger partial charge in [0.25, 0.3) is 11.8 Å². The van der Waals surface area contributed by atoms with Crippen molar-refractivity contribution in [1.82, 2.24) is 20.6 Å². The summed E-state index contributed by atoms with van der Waals surface area (Å²) in [6.45, 7) is 0. The van der Waals surface area contributed by atoms with Gasteiger partial charge in [-0.2, -0.15) is 5.10 Å². The number of aromatic nitrogens is 2. The first-order valence-electron chi connectivity index (χ1n) is 9.30. The Balaban J connectivity index is 1.58. The van der Waals surface area contributed by atoms with Crippen LogP contribution in [0.4, 0.5) is 4.39 Å². The molecule has 7 nitrogen and oxygen atoms in total. The number of halogens is 1. The van der Waals surface area contributed by atoms with Crippen molar-refractivity contribution < 1.29 is 19.1 Å². The third-order valence-electron chi connectivity index (χ3n) is 4.90. The number of amides is 2. The molecule has 0 unspecified atom stereocenters. The molecule has 2 aromatic carbocycles. The van der Waals surface area contributed by atoms with Gasteiger partial charge in [0.1, 0.15) is 11.6 Å². The Bertz CT molecular complexity index is 1080.